The Hall–Kier alpha value is -2.40. The van der Waals surface area contributed by atoms with Crippen molar-refractivity contribution in [3.05, 3.63) is 65.3 Å². The van der Waals surface area contributed by atoms with E-state index in [-0.39, 0.29) is 5.82 Å². The fourth-order valence-corrected chi connectivity index (χ4v) is 2.82. The van der Waals surface area contributed by atoms with E-state index in [1.807, 2.05) is 29.6 Å². The van der Waals surface area contributed by atoms with Gasteiger partial charge in [-0.05, 0) is 29.8 Å². The number of anilines is 1. The monoisotopic (exact) mass is 314 g/mol. The molecule has 0 bridgehead atoms. The van der Waals surface area contributed by atoms with Crippen molar-refractivity contribution in [2.24, 2.45) is 0 Å². The first-order valence-electron chi connectivity index (χ1n) is 6.83. The number of ether oxygens (including phenoxy) is 1. The highest BCUT2D eigenvalue weighted by atomic mass is 32.1. The lowest BCUT2D eigenvalue weighted by atomic mass is 10.1. The third-order valence-corrected chi connectivity index (χ3v) is 4.04. The van der Waals surface area contributed by atoms with Crippen molar-refractivity contribution in [1.82, 2.24) is 4.98 Å². The van der Waals surface area contributed by atoms with E-state index >= 15 is 0 Å². The van der Waals surface area contributed by atoms with Crippen LogP contribution in [-0.4, -0.2) is 12.1 Å². The van der Waals surface area contributed by atoms with Gasteiger partial charge in [0.15, 0.2) is 5.13 Å². The fourth-order valence-electron chi connectivity index (χ4n) is 2.11. The number of para-hydroxylation sites is 1. The highest BCUT2D eigenvalue weighted by molar-refractivity contribution is 7.14. The molecule has 0 unspecified atom stereocenters. The lowest BCUT2D eigenvalue weighted by molar-refractivity contribution is 0.416. The lowest BCUT2D eigenvalue weighted by Gasteiger charge is -2.05. The molecule has 1 aromatic heterocycles. The van der Waals surface area contributed by atoms with Gasteiger partial charge in [0.05, 0.1) is 12.8 Å². The van der Waals surface area contributed by atoms with Gasteiger partial charge in [-0.15, -0.1) is 11.3 Å². The number of aromatic nitrogens is 1. The van der Waals surface area contributed by atoms with Gasteiger partial charge in [0.2, 0.25) is 0 Å². The van der Waals surface area contributed by atoms with Crippen LogP contribution in [0.2, 0.25) is 0 Å². The van der Waals surface area contributed by atoms with Gasteiger partial charge in [-0.1, -0.05) is 24.3 Å². The van der Waals surface area contributed by atoms with Gasteiger partial charge in [-0.25, -0.2) is 9.37 Å². The average molecular weight is 314 g/mol. The Kier molecular flexibility index (Phi) is 4.34. The van der Waals surface area contributed by atoms with Crippen LogP contribution < -0.4 is 10.1 Å². The molecule has 0 fully saturated rings. The first-order chi connectivity index (χ1) is 10.8. The first-order valence-corrected chi connectivity index (χ1v) is 7.71. The highest BCUT2D eigenvalue weighted by Crippen LogP contribution is 2.31. The molecule has 0 radical (unpaired) electrons. The zero-order valence-corrected chi connectivity index (χ0v) is 12.9. The summed E-state index contributed by atoms with van der Waals surface area (Å²) in [5.41, 5.74) is 2.86. The van der Waals surface area contributed by atoms with E-state index in [0.717, 1.165) is 27.7 Å². The summed E-state index contributed by atoms with van der Waals surface area (Å²) in [7, 11) is 1.65. The van der Waals surface area contributed by atoms with E-state index in [2.05, 4.69) is 10.3 Å². The molecular weight excluding hydrogens is 299 g/mol. The quantitative estimate of drug-likeness (QED) is 0.749. The SMILES string of the molecule is COc1ccccc1-c1csc(NCc2ccc(F)cc2)n1. The summed E-state index contributed by atoms with van der Waals surface area (Å²) < 4.78 is 18.2. The van der Waals surface area contributed by atoms with Crippen LogP contribution in [0.5, 0.6) is 5.75 Å². The van der Waals surface area contributed by atoms with Gasteiger partial charge in [0, 0.05) is 17.5 Å². The molecule has 0 saturated heterocycles. The Bertz CT molecular complexity index is 755. The van der Waals surface area contributed by atoms with Crippen LogP contribution in [0.1, 0.15) is 5.56 Å². The molecule has 112 valence electrons. The molecule has 0 amide bonds. The van der Waals surface area contributed by atoms with Gasteiger partial charge in [0.1, 0.15) is 11.6 Å². The largest absolute Gasteiger partial charge is 0.496 e. The smallest absolute Gasteiger partial charge is 0.183 e. The molecule has 5 heteroatoms. The van der Waals surface area contributed by atoms with Gasteiger partial charge >= 0.3 is 0 Å². The first kappa shape index (κ1) is 14.5. The van der Waals surface area contributed by atoms with Crippen molar-refractivity contribution < 1.29 is 9.13 Å². The molecule has 0 atom stereocenters. The molecule has 22 heavy (non-hydrogen) atoms. The summed E-state index contributed by atoms with van der Waals surface area (Å²) in [6.07, 6.45) is 0. The van der Waals surface area contributed by atoms with Crippen molar-refractivity contribution in [2.75, 3.05) is 12.4 Å². The highest BCUT2D eigenvalue weighted by Gasteiger charge is 2.09. The summed E-state index contributed by atoms with van der Waals surface area (Å²) in [4.78, 5) is 4.58. The number of hydrogen-bond donors (Lipinski definition) is 1. The number of benzene rings is 2. The van der Waals surface area contributed by atoms with Crippen molar-refractivity contribution in [2.45, 2.75) is 6.54 Å². The number of nitrogens with zero attached hydrogens (tertiary/aromatic N) is 1. The molecule has 0 spiro atoms. The Balaban J connectivity index is 1.72. The van der Waals surface area contributed by atoms with Crippen molar-refractivity contribution in [3.8, 4) is 17.0 Å². The fraction of sp³-hybridized carbons (Fsp3) is 0.118. The zero-order valence-electron chi connectivity index (χ0n) is 12.0. The second-order valence-corrected chi connectivity index (χ2v) is 5.58. The second kappa shape index (κ2) is 6.58. The second-order valence-electron chi connectivity index (χ2n) is 4.72. The maximum atomic E-state index is 12.9. The molecule has 0 aliphatic heterocycles. The van der Waals surface area contributed by atoms with E-state index in [4.69, 9.17) is 4.74 Å². The normalized spacial score (nSPS) is 10.5. The standard InChI is InChI=1S/C17H15FN2OS/c1-21-16-5-3-2-4-14(16)15-11-22-17(20-15)19-10-12-6-8-13(18)9-7-12/h2-9,11H,10H2,1H3,(H,19,20). The van der Waals surface area contributed by atoms with Crippen molar-refractivity contribution >= 4 is 16.5 Å². The number of methoxy groups -OCH3 is 1. The molecule has 1 heterocycles. The number of halogens is 1. The Morgan fingerprint density at radius 3 is 2.68 bits per heavy atom. The van der Waals surface area contributed by atoms with E-state index in [1.54, 1.807) is 19.2 Å². The molecule has 0 saturated carbocycles. The van der Waals surface area contributed by atoms with Crippen molar-refractivity contribution in [1.29, 1.82) is 0 Å². The number of rotatable bonds is 5. The summed E-state index contributed by atoms with van der Waals surface area (Å²) in [5, 5.41) is 6.07. The predicted octanol–water partition coefficient (Wildman–Crippen LogP) is 4.57. The molecule has 0 aliphatic rings. The minimum absolute atomic E-state index is 0.226. The third-order valence-electron chi connectivity index (χ3n) is 3.24. The van der Waals surface area contributed by atoms with E-state index in [1.165, 1.54) is 23.5 Å². The Labute approximate surface area is 132 Å². The van der Waals surface area contributed by atoms with E-state index in [0.29, 0.717) is 6.54 Å². The third kappa shape index (κ3) is 3.26. The summed E-state index contributed by atoms with van der Waals surface area (Å²) in [5.74, 6) is 0.578. The summed E-state index contributed by atoms with van der Waals surface area (Å²) in [6.45, 7) is 0.610. The molecule has 3 aromatic rings. The summed E-state index contributed by atoms with van der Waals surface area (Å²) in [6, 6.07) is 14.2. The predicted molar refractivity (Wildman–Crippen MR) is 87.8 cm³/mol. The Morgan fingerprint density at radius 1 is 1.14 bits per heavy atom. The number of nitrogens with one attached hydrogen (secondary N) is 1. The van der Waals surface area contributed by atoms with Gasteiger partial charge in [0.25, 0.3) is 0 Å². The van der Waals surface area contributed by atoms with Crippen LogP contribution >= 0.6 is 11.3 Å². The number of thiazole rings is 1. The lowest BCUT2D eigenvalue weighted by Crippen LogP contribution is -1.98. The van der Waals surface area contributed by atoms with Crippen molar-refractivity contribution in [3.63, 3.8) is 0 Å². The molecular formula is C17H15FN2OS. The molecule has 3 nitrogen and oxygen atoms in total. The van der Waals surface area contributed by atoms with E-state index in [9.17, 15) is 4.39 Å². The molecule has 0 aliphatic carbocycles. The van der Waals surface area contributed by atoms with Gasteiger partial charge in [-0.3, -0.25) is 0 Å². The molecule has 1 N–H and O–H groups in total. The van der Waals surface area contributed by atoms with Crippen LogP contribution in [0.25, 0.3) is 11.3 Å². The maximum Gasteiger partial charge on any atom is 0.183 e. The minimum atomic E-state index is -0.226. The van der Waals surface area contributed by atoms with Gasteiger partial charge in [-0.2, -0.15) is 0 Å². The average Bonchev–Trinajstić information content (AvgIpc) is 3.03. The molecule has 3 rings (SSSR count). The summed E-state index contributed by atoms with van der Waals surface area (Å²) >= 11 is 1.53. The topological polar surface area (TPSA) is 34.1 Å². The van der Waals surface area contributed by atoms with Crippen LogP contribution in [0.15, 0.2) is 53.9 Å². The van der Waals surface area contributed by atoms with Crippen LogP contribution in [0, 0.1) is 5.82 Å². The van der Waals surface area contributed by atoms with Crippen LogP contribution in [0.4, 0.5) is 9.52 Å². The van der Waals surface area contributed by atoms with Crippen LogP contribution in [-0.2, 0) is 6.54 Å². The zero-order chi connectivity index (χ0) is 15.4. The van der Waals surface area contributed by atoms with Crippen LogP contribution in [0.3, 0.4) is 0 Å². The number of hydrogen-bond acceptors (Lipinski definition) is 4. The maximum absolute atomic E-state index is 12.9. The Morgan fingerprint density at radius 2 is 1.91 bits per heavy atom. The van der Waals surface area contributed by atoms with E-state index < -0.39 is 0 Å². The molecule has 2 aromatic carbocycles. The minimum Gasteiger partial charge on any atom is -0.496 e. The van der Waals surface area contributed by atoms with Gasteiger partial charge < -0.3 is 10.1 Å².